The van der Waals surface area contributed by atoms with E-state index in [-0.39, 0.29) is 5.91 Å². The van der Waals surface area contributed by atoms with Gasteiger partial charge in [-0.05, 0) is 68.1 Å². The standard InChI is InChI=1S/C23H30N4O2/c1-16-4-9-26(10-5-16)23(29)20-15-24-27-13-8-19(14-21(20)27)17-6-11-25(12-7-17)22(28)18-2-3-18/h8,13-18H,2-7,9-12H2,1H3. The number of nitrogens with zero attached hydrogens (tertiary/aromatic N) is 4. The molecule has 0 aromatic carbocycles. The number of aromatic nitrogens is 2. The molecule has 2 saturated heterocycles. The van der Waals surface area contributed by atoms with Crippen LogP contribution in [-0.2, 0) is 4.79 Å². The largest absolute Gasteiger partial charge is 0.342 e. The van der Waals surface area contributed by atoms with Crippen LogP contribution in [0.4, 0.5) is 0 Å². The highest BCUT2D eigenvalue weighted by atomic mass is 16.2. The van der Waals surface area contributed by atoms with E-state index in [4.69, 9.17) is 0 Å². The molecule has 0 radical (unpaired) electrons. The van der Waals surface area contributed by atoms with E-state index in [1.807, 2.05) is 15.6 Å². The van der Waals surface area contributed by atoms with Gasteiger partial charge in [0.1, 0.15) is 0 Å². The minimum absolute atomic E-state index is 0.105. The van der Waals surface area contributed by atoms with Gasteiger partial charge in [-0.2, -0.15) is 5.10 Å². The van der Waals surface area contributed by atoms with Crippen molar-refractivity contribution in [1.29, 1.82) is 0 Å². The molecule has 0 spiro atoms. The average molecular weight is 395 g/mol. The van der Waals surface area contributed by atoms with Crippen molar-refractivity contribution < 1.29 is 9.59 Å². The Morgan fingerprint density at radius 1 is 0.966 bits per heavy atom. The fourth-order valence-electron chi connectivity index (χ4n) is 4.82. The molecule has 2 aromatic heterocycles. The van der Waals surface area contributed by atoms with E-state index < -0.39 is 0 Å². The number of likely N-dealkylation sites (tertiary alicyclic amines) is 2. The first kappa shape index (κ1) is 18.6. The Morgan fingerprint density at radius 3 is 2.34 bits per heavy atom. The maximum absolute atomic E-state index is 13.1. The number of piperidine rings is 2. The monoisotopic (exact) mass is 394 g/mol. The van der Waals surface area contributed by atoms with Crippen molar-refractivity contribution in [3.05, 3.63) is 35.7 Å². The van der Waals surface area contributed by atoms with E-state index in [0.717, 1.165) is 70.2 Å². The number of amides is 2. The summed E-state index contributed by atoms with van der Waals surface area (Å²) in [5.41, 5.74) is 2.88. The summed E-state index contributed by atoms with van der Waals surface area (Å²) in [7, 11) is 0. The molecule has 5 rings (SSSR count). The van der Waals surface area contributed by atoms with Crippen LogP contribution in [0.25, 0.3) is 5.52 Å². The summed E-state index contributed by atoms with van der Waals surface area (Å²) in [6.07, 6.45) is 9.99. The van der Waals surface area contributed by atoms with Gasteiger partial charge in [-0.25, -0.2) is 4.52 Å². The number of fused-ring (bicyclic) bond motifs is 1. The summed E-state index contributed by atoms with van der Waals surface area (Å²) in [5, 5.41) is 4.41. The third-order valence-corrected chi connectivity index (χ3v) is 7.05. The topological polar surface area (TPSA) is 57.9 Å². The molecule has 3 aliphatic rings. The highest BCUT2D eigenvalue weighted by Gasteiger charge is 2.35. The molecule has 6 nitrogen and oxygen atoms in total. The first-order valence-electron chi connectivity index (χ1n) is 11.2. The Kier molecular flexibility index (Phi) is 4.80. The van der Waals surface area contributed by atoms with Gasteiger partial charge in [0.25, 0.3) is 5.91 Å². The molecule has 0 atom stereocenters. The Morgan fingerprint density at radius 2 is 1.66 bits per heavy atom. The van der Waals surface area contributed by atoms with Gasteiger partial charge in [0.2, 0.25) is 5.91 Å². The Bertz CT molecular complexity index is 916. The smallest absolute Gasteiger partial charge is 0.257 e. The SMILES string of the molecule is CC1CCN(C(=O)c2cnn3ccc(C4CCN(C(=O)C5CC5)CC4)cc23)CC1. The third-order valence-electron chi connectivity index (χ3n) is 7.05. The van der Waals surface area contributed by atoms with Crippen LogP contribution in [-0.4, -0.2) is 57.4 Å². The lowest BCUT2D eigenvalue weighted by Gasteiger charge is -2.32. The van der Waals surface area contributed by atoms with Crippen LogP contribution >= 0.6 is 0 Å². The summed E-state index contributed by atoms with van der Waals surface area (Å²) in [6.45, 7) is 5.63. The van der Waals surface area contributed by atoms with E-state index >= 15 is 0 Å². The lowest BCUT2D eigenvalue weighted by Crippen LogP contribution is -2.38. The van der Waals surface area contributed by atoms with Gasteiger partial charge in [-0.1, -0.05) is 6.92 Å². The predicted octanol–water partition coefficient (Wildman–Crippen LogP) is 3.32. The van der Waals surface area contributed by atoms with Crippen molar-refractivity contribution in [3.8, 4) is 0 Å². The lowest BCUT2D eigenvalue weighted by atomic mass is 9.89. The highest BCUT2D eigenvalue weighted by molar-refractivity contribution is 6.00. The van der Waals surface area contributed by atoms with Crippen LogP contribution in [0.2, 0.25) is 0 Å². The summed E-state index contributed by atoms with van der Waals surface area (Å²) < 4.78 is 1.81. The van der Waals surface area contributed by atoms with Gasteiger partial charge in [-0.3, -0.25) is 9.59 Å². The van der Waals surface area contributed by atoms with Crippen molar-refractivity contribution in [2.24, 2.45) is 11.8 Å². The Labute approximate surface area is 171 Å². The van der Waals surface area contributed by atoms with Crippen molar-refractivity contribution in [3.63, 3.8) is 0 Å². The zero-order chi connectivity index (χ0) is 20.0. The maximum Gasteiger partial charge on any atom is 0.257 e. The van der Waals surface area contributed by atoms with Crippen LogP contribution in [0.15, 0.2) is 24.5 Å². The molecule has 29 heavy (non-hydrogen) atoms. The zero-order valence-corrected chi connectivity index (χ0v) is 17.2. The molecule has 0 unspecified atom stereocenters. The Balaban J connectivity index is 1.32. The van der Waals surface area contributed by atoms with Crippen LogP contribution in [0, 0.1) is 11.8 Å². The molecule has 2 aromatic rings. The van der Waals surface area contributed by atoms with Gasteiger partial charge in [0, 0.05) is 38.3 Å². The number of rotatable bonds is 3. The summed E-state index contributed by atoms with van der Waals surface area (Å²) >= 11 is 0. The molecule has 1 saturated carbocycles. The molecule has 3 fully saturated rings. The molecular weight excluding hydrogens is 364 g/mol. The summed E-state index contributed by atoms with van der Waals surface area (Å²) in [6, 6.07) is 4.27. The summed E-state index contributed by atoms with van der Waals surface area (Å²) in [5.74, 6) is 1.91. The normalized spacial score (nSPS) is 21.7. The first-order chi connectivity index (χ1) is 14.1. The van der Waals surface area contributed by atoms with Gasteiger partial charge >= 0.3 is 0 Å². The predicted molar refractivity (Wildman–Crippen MR) is 111 cm³/mol. The molecule has 2 aliphatic heterocycles. The second kappa shape index (κ2) is 7.47. The number of carbonyl (C=O) groups excluding carboxylic acids is 2. The van der Waals surface area contributed by atoms with Gasteiger partial charge in [0.15, 0.2) is 0 Å². The second-order valence-corrected chi connectivity index (χ2v) is 9.20. The van der Waals surface area contributed by atoms with Crippen molar-refractivity contribution in [2.75, 3.05) is 26.2 Å². The van der Waals surface area contributed by atoms with E-state index in [2.05, 4.69) is 29.1 Å². The minimum Gasteiger partial charge on any atom is -0.342 e. The van der Waals surface area contributed by atoms with Crippen molar-refractivity contribution >= 4 is 17.3 Å². The lowest BCUT2D eigenvalue weighted by molar-refractivity contribution is -0.133. The number of hydrogen-bond acceptors (Lipinski definition) is 3. The van der Waals surface area contributed by atoms with Crippen LogP contribution in [0.5, 0.6) is 0 Å². The van der Waals surface area contributed by atoms with E-state index in [1.54, 1.807) is 6.20 Å². The van der Waals surface area contributed by atoms with Crippen LogP contribution in [0.1, 0.15) is 67.3 Å². The Hall–Kier alpha value is -2.37. The number of pyridine rings is 1. The molecule has 0 N–H and O–H groups in total. The van der Waals surface area contributed by atoms with Crippen LogP contribution < -0.4 is 0 Å². The fraction of sp³-hybridized carbons (Fsp3) is 0.609. The average Bonchev–Trinajstić information content (AvgIpc) is 3.52. The van der Waals surface area contributed by atoms with Gasteiger partial charge in [0.05, 0.1) is 17.3 Å². The number of carbonyl (C=O) groups is 2. The molecule has 4 heterocycles. The van der Waals surface area contributed by atoms with Gasteiger partial charge in [-0.15, -0.1) is 0 Å². The molecular formula is C23H30N4O2. The zero-order valence-electron chi connectivity index (χ0n) is 17.2. The molecule has 154 valence electrons. The molecule has 1 aliphatic carbocycles. The minimum atomic E-state index is 0.105. The third kappa shape index (κ3) is 3.65. The maximum atomic E-state index is 13.1. The summed E-state index contributed by atoms with van der Waals surface area (Å²) in [4.78, 5) is 29.4. The van der Waals surface area contributed by atoms with E-state index in [9.17, 15) is 9.59 Å². The quantitative estimate of drug-likeness (QED) is 0.802. The van der Waals surface area contributed by atoms with Gasteiger partial charge < -0.3 is 9.80 Å². The number of hydrogen-bond donors (Lipinski definition) is 0. The highest BCUT2D eigenvalue weighted by Crippen LogP contribution is 2.35. The molecule has 2 amide bonds. The van der Waals surface area contributed by atoms with Crippen molar-refractivity contribution in [1.82, 2.24) is 19.4 Å². The molecule has 0 bridgehead atoms. The van der Waals surface area contributed by atoms with E-state index in [0.29, 0.717) is 29.2 Å². The van der Waals surface area contributed by atoms with E-state index in [1.165, 1.54) is 5.56 Å². The second-order valence-electron chi connectivity index (χ2n) is 9.20. The van der Waals surface area contributed by atoms with Crippen LogP contribution in [0.3, 0.4) is 0 Å². The fourth-order valence-corrected chi connectivity index (χ4v) is 4.82. The van der Waals surface area contributed by atoms with Crippen molar-refractivity contribution in [2.45, 2.75) is 51.4 Å². The first-order valence-corrected chi connectivity index (χ1v) is 11.2. The molecule has 6 heteroatoms.